The number of H-pyrrole nitrogens is 1. The SMILES string of the molecule is O=C(CNC(=O)[C@H]1CCc2[nH]ncc2C1)Nc1cccc2cccnc12. The first-order chi connectivity index (χ1) is 12.7. The zero-order valence-corrected chi connectivity index (χ0v) is 14.2. The molecule has 1 aromatic carbocycles. The van der Waals surface area contributed by atoms with Crippen LogP contribution in [0.5, 0.6) is 0 Å². The smallest absolute Gasteiger partial charge is 0.243 e. The summed E-state index contributed by atoms with van der Waals surface area (Å²) >= 11 is 0. The van der Waals surface area contributed by atoms with Crippen molar-refractivity contribution in [3.8, 4) is 0 Å². The normalized spacial score (nSPS) is 16.1. The average Bonchev–Trinajstić information content (AvgIpc) is 3.14. The lowest BCUT2D eigenvalue weighted by Crippen LogP contribution is -2.38. The molecule has 0 aliphatic heterocycles. The second kappa shape index (κ2) is 6.95. The van der Waals surface area contributed by atoms with E-state index in [1.807, 2.05) is 24.3 Å². The molecule has 0 radical (unpaired) electrons. The third kappa shape index (κ3) is 3.28. The Morgan fingerprint density at radius 1 is 1.23 bits per heavy atom. The molecule has 0 saturated carbocycles. The van der Waals surface area contributed by atoms with Crippen LogP contribution in [0.3, 0.4) is 0 Å². The lowest BCUT2D eigenvalue weighted by molar-refractivity contribution is -0.127. The summed E-state index contributed by atoms with van der Waals surface area (Å²) in [5.74, 6) is -0.480. The van der Waals surface area contributed by atoms with Crippen LogP contribution >= 0.6 is 0 Å². The monoisotopic (exact) mass is 349 g/mol. The van der Waals surface area contributed by atoms with Crippen molar-refractivity contribution in [3.05, 3.63) is 54.0 Å². The Labute approximate surface area is 150 Å². The minimum absolute atomic E-state index is 0.0587. The molecule has 0 bridgehead atoms. The van der Waals surface area contributed by atoms with Crippen molar-refractivity contribution in [1.82, 2.24) is 20.5 Å². The van der Waals surface area contributed by atoms with Crippen LogP contribution in [0, 0.1) is 5.92 Å². The van der Waals surface area contributed by atoms with Crippen LogP contribution in [0.15, 0.2) is 42.7 Å². The summed E-state index contributed by atoms with van der Waals surface area (Å²) in [5, 5.41) is 13.5. The van der Waals surface area contributed by atoms with Gasteiger partial charge in [-0.05, 0) is 37.0 Å². The van der Waals surface area contributed by atoms with Crippen molar-refractivity contribution >= 4 is 28.4 Å². The number of fused-ring (bicyclic) bond motifs is 2. The number of para-hydroxylation sites is 1. The number of hydrogen-bond donors (Lipinski definition) is 3. The van der Waals surface area contributed by atoms with Gasteiger partial charge in [-0.1, -0.05) is 18.2 Å². The summed E-state index contributed by atoms with van der Waals surface area (Å²) in [6, 6.07) is 9.39. The molecule has 4 rings (SSSR count). The predicted molar refractivity (Wildman–Crippen MR) is 97.5 cm³/mol. The van der Waals surface area contributed by atoms with Gasteiger partial charge in [0.15, 0.2) is 0 Å². The fourth-order valence-electron chi connectivity index (χ4n) is 3.35. The second-order valence-corrected chi connectivity index (χ2v) is 6.46. The maximum atomic E-state index is 12.4. The van der Waals surface area contributed by atoms with E-state index in [-0.39, 0.29) is 24.3 Å². The Hall–Kier alpha value is -3.22. The largest absolute Gasteiger partial charge is 0.347 e. The Bertz CT molecular complexity index is 960. The molecule has 7 heteroatoms. The fourth-order valence-corrected chi connectivity index (χ4v) is 3.35. The van der Waals surface area contributed by atoms with Gasteiger partial charge in [-0.2, -0.15) is 5.10 Å². The third-order valence-electron chi connectivity index (χ3n) is 4.72. The number of rotatable bonds is 4. The molecule has 1 atom stereocenters. The Balaban J connectivity index is 1.35. The number of hydrogen-bond acceptors (Lipinski definition) is 4. The highest BCUT2D eigenvalue weighted by Gasteiger charge is 2.25. The molecule has 0 fully saturated rings. The highest BCUT2D eigenvalue weighted by atomic mass is 16.2. The van der Waals surface area contributed by atoms with E-state index in [4.69, 9.17) is 0 Å². The van der Waals surface area contributed by atoms with Crippen LogP contribution in [0.4, 0.5) is 5.69 Å². The molecule has 0 unspecified atom stereocenters. The Kier molecular flexibility index (Phi) is 4.35. The average molecular weight is 349 g/mol. The number of benzene rings is 1. The number of aromatic nitrogens is 3. The van der Waals surface area contributed by atoms with Gasteiger partial charge >= 0.3 is 0 Å². The minimum Gasteiger partial charge on any atom is -0.347 e. The summed E-state index contributed by atoms with van der Waals surface area (Å²) in [4.78, 5) is 28.9. The molecule has 132 valence electrons. The van der Waals surface area contributed by atoms with Crippen LogP contribution in [0.2, 0.25) is 0 Å². The van der Waals surface area contributed by atoms with Gasteiger partial charge in [-0.25, -0.2) is 0 Å². The molecule has 7 nitrogen and oxygen atoms in total. The molecular weight excluding hydrogens is 330 g/mol. The molecule has 2 amide bonds. The molecule has 2 aromatic heterocycles. The van der Waals surface area contributed by atoms with Crippen LogP contribution in [-0.2, 0) is 22.4 Å². The van der Waals surface area contributed by atoms with Crippen molar-refractivity contribution in [3.63, 3.8) is 0 Å². The van der Waals surface area contributed by atoms with Gasteiger partial charge in [0.05, 0.1) is 23.9 Å². The predicted octanol–water partition coefficient (Wildman–Crippen LogP) is 1.82. The van der Waals surface area contributed by atoms with Crippen molar-refractivity contribution in [1.29, 1.82) is 0 Å². The molecule has 0 spiro atoms. The zero-order chi connectivity index (χ0) is 17.9. The van der Waals surface area contributed by atoms with Gasteiger partial charge in [0.25, 0.3) is 0 Å². The van der Waals surface area contributed by atoms with E-state index in [9.17, 15) is 9.59 Å². The third-order valence-corrected chi connectivity index (χ3v) is 4.72. The van der Waals surface area contributed by atoms with Crippen LogP contribution < -0.4 is 10.6 Å². The first kappa shape index (κ1) is 16.3. The standard InChI is InChI=1S/C19H19N5O2/c25-17(23-16-5-1-3-12-4-2-8-20-18(12)16)11-21-19(26)13-6-7-15-14(9-13)10-22-24-15/h1-5,8,10,13H,6-7,9,11H2,(H,21,26)(H,22,24)(H,23,25)/t13-/m0/s1. The number of nitrogens with zero attached hydrogens (tertiary/aromatic N) is 2. The number of anilines is 1. The number of pyridine rings is 1. The maximum absolute atomic E-state index is 12.4. The number of carbonyl (C=O) groups is 2. The van der Waals surface area contributed by atoms with E-state index in [2.05, 4.69) is 25.8 Å². The zero-order valence-electron chi connectivity index (χ0n) is 14.2. The second-order valence-electron chi connectivity index (χ2n) is 6.46. The maximum Gasteiger partial charge on any atom is 0.243 e. The summed E-state index contributed by atoms with van der Waals surface area (Å²) in [6.45, 7) is -0.0587. The Morgan fingerprint density at radius 2 is 2.12 bits per heavy atom. The van der Waals surface area contributed by atoms with Gasteiger partial charge in [-0.3, -0.25) is 19.7 Å². The molecule has 3 aromatic rings. The van der Waals surface area contributed by atoms with Crippen molar-refractivity contribution in [2.75, 3.05) is 11.9 Å². The molecule has 0 saturated heterocycles. The fraction of sp³-hybridized carbons (Fsp3) is 0.263. The first-order valence-electron chi connectivity index (χ1n) is 8.63. The van der Waals surface area contributed by atoms with E-state index < -0.39 is 0 Å². The molecular formula is C19H19N5O2. The summed E-state index contributed by atoms with van der Waals surface area (Å²) in [6.07, 6.45) is 5.69. The van der Waals surface area contributed by atoms with Crippen LogP contribution in [-0.4, -0.2) is 33.5 Å². The van der Waals surface area contributed by atoms with Gasteiger partial charge in [0, 0.05) is 23.2 Å². The first-order valence-corrected chi connectivity index (χ1v) is 8.63. The van der Waals surface area contributed by atoms with Crippen LogP contribution in [0.25, 0.3) is 10.9 Å². The number of aryl methyl sites for hydroxylation is 1. The Morgan fingerprint density at radius 3 is 3.04 bits per heavy atom. The van der Waals surface area contributed by atoms with Crippen LogP contribution in [0.1, 0.15) is 17.7 Å². The van der Waals surface area contributed by atoms with Gasteiger partial charge in [-0.15, -0.1) is 0 Å². The van der Waals surface area contributed by atoms with Crippen molar-refractivity contribution in [2.24, 2.45) is 5.92 Å². The van der Waals surface area contributed by atoms with Crippen molar-refractivity contribution in [2.45, 2.75) is 19.3 Å². The number of aromatic amines is 1. The summed E-state index contributed by atoms with van der Waals surface area (Å²) < 4.78 is 0. The topological polar surface area (TPSA) is 99.8 Å². The van der Waals surface area contributed by atoms with E-state index in [0.717, 1.165) is 35.0 Å². The van der Waals surface area contributed by atoms with Gasteiger partial charge in [0.2, 0.25) is 11.8 Å². The van der Waals surface area contributed by atoms with E-state index >= 15 is 0 Å². The molecule has 1 aliphatic rings. The van der Waals surface area contributed by atoms with Gasteiger partial charge in [0.1, 0.15) is 0 Å². The highest BCUT2D eigenvalue weighted by Crippen LogP contribution is 2.24. The van der Waals surface area contributed by atoms with E-state index in [1.165, 1.54) is 0 Å². The lowest BCUT2D eigenvalue weighted by Gasteiger charge is -2.20. The van der Waals surface area contributed by atoms with Crippen molar-refractivity contribution < 1.29 is 9.59 Å². The molecule has 1 aliphatic carbocycles. The van der Waals surface area contributed by atoms with E-state index in [0.29, 0.717) is 12.1 Å². The number of nitrogens with one attached hydrogen (secondary N) is 3. The number of carbonyl (C=O) groups excluding carboxylic acids is 2. The quantitative estimate of drug-likeness (QED) is 0.669. The molecule has 3 N–H and O–H groups in total. The lowest BCUT2D eigenvalue weighted by atomic mass is 9.87. The minimum atomic E-state index is -0.267. The summed E-state index contributed by atoms with van der Waals surface area (Å²) in [7, 11) is 0. The molecule has 2 heterocycles. The molecule has 26 heavy (non-hydrogen) atoms. The van der Waals surface area contributed by atoms with E-state index in [1.54, 1.807) is 18.5 Å². The summed E-state index contributed by atoms with van der Waals surface area (Å²) in [5.41, 5.74) is 3.57. The number of amides is 2. The highest BCUT2D eigenvalue weighted by molar-refractivity contribution is 6.01. The van der Waals surface area contributed by atoms with Gasteiger partial charge < -0.3 is 10.6 Å².